The van der Waals surface area contributed by atoms with E-state index in [0.717, 1.165) is 54.4 Å². The average molecular weight is 431 g/mol. The van der Waals surface area contributed by atoms with Gasteiger partial charge in [-0.1, -0.05) is 62.5 Å². The fraction of sp³-hybridized carbons (Fsp3) is 0.677. The standard InChI is InChI=1S/C31H42O/c1-22(9-7-8-12-23-10-5-4-6-11-23)27-15-16-28-26-14-13-24-21-25(32)17-19-30(24,2)29(26)18-20-31(27,28)3/h4-6,10-11,13,22,25-29,32H,7,9,14-21H2,1-3H3/t22-,25+,26+,27-,28+,29+,30+,31-/m1/s1. The lowest BCUT2D eigenvalue weighted by atomic mass is 9.47. The molecule has 8 atom stereocenters. The van der Waals surface area contributed by atoms with Crippen LogP contribution in [0.25, 0.3) is 0 Å². The van der Waals surface area contributed by atoms with Crippen molar-refractivity contribution in [1.82, 2.24) is 0 Å². The Kier molecular flexibility index (Phi) is 6.05. The van der Waals surface area contributed by atoms with Gasteiger partial charge < -0.3 is 5.11 Å². The fourth-order valence-electron chi connectivity index (χ4n) is 8.80. The molecule has 0 amide bonds. The van der Waals surface area contributed by atoms with Gasteiger partial charge in [-0.05, 0) is 110 Å². The molecule has 3 fully saturated rings. The highest BCUT2D eigenvalue weighted by Gasteiger charge is 2.59. The third-order valence-electron chi connectivity index (χ3n) is 10.6. The number of rotatable bonds is 3. The molecule has 0 aliphatic heterocycles. The van der Waals surface area contributed by atoms with E-state index in [1.807, 2.05) is 0 Å². The summed E-state index contributed by atoms with van der Waals surface area (Å²) in [7, 11) is 0. The molecule has 1 N–H and O–H groups in total. The van der Waals surface area contributed by atoms with Crippen molar-refractivity contribution >= 4 is 0 Å². The van der Waals surface area contributed by atoms with Gasteiger partial charge in [0.15, 0.2) is 0 Å². The Hall–Kier alpha value is -1.52. The normalized spacial score (nSPS) is 41.4. The first-order valence-electron chi connectivity index (χ1n) is 13.3. The summed E-state index contributed by atoms with van der Waals surface area (Å²) in [6.07, 6.45) is 14.8. The second kappa shape index (κ2) is 8.68. The summed E-state index contributed by atoms with van der Waals surface area (Å²) in [5.74, 6) is 11.0. The molecule has 4 aliphatic carbocycles. The van der Waals surface area contributed by atoms with E-state index in [1.54, 1.807) is 5.57 Å². The van der Waals surface area contributed by atoms with Gasteiger partial charge in [0, 0.05) is 12.0 Å². The first-order chi connectivity index (χ1) is 15.4. The zero-order valence-corrected chi connectivity index (χ0v) is 20.4. The maximum Gasteiger partial charge on any atom is 0.0577 e. The molecular weight excluding hydrogens is 388 g/mol. The highest BCUT2D eigenvalue weighted by molar-refractivity contribution is 5.33. The monoisotopic (exact) mass is 430 g/mol. The molecule has 0 saturated heterocycles. The fourth-order valence-corrected chi connectivity index (χ4v) is 8.80. The molecule has 32 heavy (non-hydrogen) atoms. The number of hydrogen-bond donors (Lipinski definition) is 1. The van der Waals surface area contributed by atoms with Crippen LogP contribution in [0, 0.1) is 52.3 Å². The van der Waals surface area contributed by atoms with Crippen LogP contribution < -0.4 is 0 Å². The van der Waals surface area contributed by atoms with Gasteiger partial charge in [-0.2, -0.15) is 0 Å². The predicted molar refractivity (Wildman–Crippen MR) is 133 cm³/mol. The molecule has 172 valence electrons. The maximum absolute atomic E-state index is 10.2. The summed E-state index contributed by atoms with van der Waals surface area (Å²) in [6, 6.07) is 10.4. The van der Waals surface area contributed by atoms with Crippen molar-refractivity contribution in [3.05, 3.63) is 47.5 Å². The highest BCUT2D eigenvalue weighted by atomic mass is 16.3. The van der Waals surface area contributed by atoms with Crippen LogP contribution in [-0.4, -0.2) is 11.2 Å². The summed E-state index contributed by atoms with van der Waals surface area (Å²) in [5, 5.41) is 10.2. The first kappa shape index (κ1) is 22.3. The van der Waals surface area contributed by atoms with Crippen molar-refractivity contribution in [2.45, 2.75) is 91.1 Å². The van der Waals surface area contributed by atoms with Crippen LogP contribution in [0.2, 0.25) is 0 Å². The zero-order valence-electron chi connectivity index (χ0n) is 20.4. The molecule has 0 bridgehead atoms. The van der Waals surface area contributed by atoms with E-state index in [-0.39, 0.29) is 6.10 Å². The average Bonchev–Trinajstić information content (AvgIpc) is 3.15. The van der Waals surface area contributed by atoms with Crippen molar-refractivity contribution < 1.29 is 5.11 Å². The van der Waals surface area contributed by atoms with Crippen LogP contribution in [0.15, 0.2) is 42.0 Å². The largest absolute Gasteiger partial charge is 0.393 e. The number of benzene rings is 1. The van der Waals surface area contributed by atoms with Gasteiger partial charge in [-0.25, -0.2) is 0 Å². The first-order valence-corrected chi connectivity index (χ1v) is 13.3. The minimum Gasteiger partial charge on any atom is -0.393 e. The Morgan fingerprint density at radius 1 is 1.03 bits per heavy atom. The minimum absolute atomic E-state index is 0.0959. The van der Waals surface area contributed by atoms with Gasteiger partial charge in [0.25, 0.3) is 0 Å². The summed E-state index contributed by atoms with van der Waals surface area (Å²) in [6.45, 7) is 7.71. The van der Waals surface area contributed by atoms with Gasteiger partial charge >= 0.3 is 0 Å². The molecule has 0 spiro atoms. The van der Waals surface area contributed by atoms with Crippen LogP contribution >= 0.6 is 0 Å². The molecule has 1 aromatic carbocycles. The summed E-state index contributed by atoms with van der Waals surface area (Å²) >= 11 is 0. The van der Waals surface area contributed by atoms with Crippen molar-refractivity contribution in [3.8, 4) is 11.8 Å². The Bertz CT molecular complexity index is 903. The van der Waals surface area contributed by atoms with Crippen LogP contribution in [0.4, 0.5) is 0 Å². The molecule has 4 aliphatic rings. The molecule has 0 heterocycles. The molecule has 3 saturated carbocycles. The van der Waals surface area contributed by atoms with E-state index >= 15 is 0 Å². The van der Waals surface area contributed by atoms with Crippen molar-refractivity contribution in [1.29, 1.82) is 0 Å². The van der Waals surface area contributed by atoms with Crippen molar-refractivity contribution in [3.63, 3.8) is 0 Å². The lowest BCUT2D eigenvalue weighted by Gasteiger charge is -2.58. The third-order valence-corrected chi connectivity index (χ3v) is 10.6. The molecule has 1 nitrogen and oxygen atoms in total. The number of allylic oxidation sites excluding steroid dienone is 1. The zero-order chi connectivity index (χ0) is 22.3. The summed E-state index contributed by atoms with van der Waals surface area (Å²) < 4.78 is 0. The smallest absolute Gasteiger partial charge is 0.0577 e. The molecule has 5 rings (SSSR count). The second-order valence-electron chi connectivity index (χ2n) is 12.1. The highest BCUT2D eigenvalue weighted by Crippen LogP contribution is 2.67. The van der Waals surface area contributed by atoms with E-state index in [4.69, 9.17) is 0 Å². The van der Waals surface area contributed by atoms with E-state index in [9.17, 15) is 5.11 Å². The van der Waals surface area contributed by atoms with E-state index in [2.05, 4.69) is 69.0 Å². The number of aliphatic hydroxyl groups is 1. The van der Waals surface area contributed by atoms with E-state index in [1.165, 1.54) is 44.9 Å². The number of hydrogen-bond acceptors (Lipinski definition) is 1. The molecule has 0 aromatic heterocycles. The van der Waals surface area contributed by atoms with Crippen LogP contribution in [0.3, 0.4) is 0 Å². The summed E-state index contributed by atoms with van der Waals surface area (Å²) in [5.41, 5.74) is 3.62. The topological polar surface area (TPSA) is 20.2 Å². The second-order valence-corrected chi connectivity index (χ2v) is 12.1. The molecule has 0 unspecified atom stereocenters. The Morgan fingerprint density at radius 2 is 1.84 bits per heavy atom. The van der Waals surface area contributed by atoms with Crippen LogP contribution in [0.1, 0.15) is 90.5 Å². The SMILES string of the molecule is C[C@H](CCC#Cc1ccccc1)[C@H]1CC[C@H]2[C@@H]3CC=C4C[C@@H](O)CC[C@]4(C)[C@H]3CC[C@]12C. The van der Waals surface area contributed by atoms with Gasteiger partial charge in [0.1, 0.15) is 0 Å². The Morgan fingerprint density at radius 3 is 2.66 bits per heavy atom. The third kappa shape index (κ3) is 3.77. The van der Waals surface area contributed by atoms with Crippen molar-refractivity contribution in [2.75, 3.05) is 0 Å². The van der Waals surface area contributed by atoms with E-state index in [0.29, 0.717) is 10.8 Å². The molecule has 1 heteroatoms. The van der Waals surface area contributed by atoms with Crippen molar-refractivity contribution in [2.24, 2.45) is 40.4 Å². The van der Waals surface area contributed by atoms with Gasteiger partial charge in [-0.3, -0.25) is 0 Å². The lowest BCUT2D eigenvalue weighted by Crippen LogP contribution is -2.50. The molecule has 1 aromatic rings. The summed E-state index contributed by atoms with van der Waals surface area (Å²) in [4.78, 5) is 0. The minimum atomic E-state index is -0.0959. The quantitative estimate of drug-likeness (QED) is 0.391. The number of fused-ring (bicyclic) bond motifs is 5. The maximum atomic E-state index is 10.2. The lowest BCUT2D eigenvalue weighted by molar-refractivity contribution is -0.0570. The Labute approximate surface area is 196 Å². The van der Waals surface area contributed by atoms with Crippen LogP contribution in [-0.2, 0) is 0 Å². The predicted octanol–water partition coefficient (Wildman–Crippen LogP) is 7.39. The van der Waals surface area contributed by atoms with Gasteiger partial charge in [0.05, 0.1) is 6.10 Å². The molecular formula is C31H42O. The molecule has 0 radical (unpaired) electrons. The Balaban J connectivity index is 1.26. The van der Waals surface area contributed by atoms with E-state index < -0.39 is 0 Å². The number of aliphatic hydroxyl groups excluding tert-OH is 1. The van der Waals surface area contributed by atoms with Gasteiger partial charge in [-0.15, -0.1) is 0 Å². The van der Waals surface area contributed by atoms with Crippen LogP contribution in [0.5, 0.6) is 0 Å². The van der Waals surface area contributed by atoms with Gasteiger partial charge in [0.2, 0.25) is 0 Å².